The molecule has 2 nitrogen and oxygen atoms in total. The van der Waals surface area contributed by atoms with Crippen molar-refractivity contribution in [1.82, 2.24) is 0 Å². The molecule has 1 N–H and O–H groups in total. The van der Waals surface area contributed by atoms with E-state index >= 15 is 0 Å². The van der Waals surface area contributed by atoms with Crippen LogP contribution in [0.15, 0.2) is 18.2 Å². The van der Waals surface area contributed by atoms with Gasteiger partial charge in [-0.3, -0.25) is 0 Å². The Hall–Kier alpha value is -1.07. The second-order valence-corrected chi connectivity index (χ2v) is 4.67. The van der Waals surface area contributed by atoms with Crippen LogP contribution in [0.4, 0.5) is 13.2 Å². The summed E-state index contributed by atoms with van der Waals surface area (Å²) in [7, 11) is 0. The molecule has 1 aromatic carbocycles. The molecule has 5 heteroatoms. The van der Waals surface area contributed by atoms with Gasteiger partial charge in [-0.25, -0.2) is 0 Å². The molecule has 2 rings (SSSR count). The van der Waals surface area contributed by atoms with Crippen LogP contribution in [-0.4, -0.2) is 18.3 Å². The summed E-state index contributed by atoms with van der Waals surface area (Å²) in [4.78, 5) is 0. The molecule has 1 aliphatic rings. The van der Waals surface area contributed by atoms with Crippen LogP contribution in [0.3, 0.4) is 0 Å². The monoisotopic (exact) mass is 260 g/mol. The molecule has 0 aliphatic carbocycles. The van der Waals surface area contributed by atoms with Gasteiger partial charge in [-0.2, -0.15) is 13.2 Å². The third kappa shape index (κ3) is 2.52. The van der Waals surface area contributed by atoms with Crippen LogP contribution >= 0.6 is 0 Å². The number of aliphatic hydroxyl groups is 1. The first-order valence-corrected chi connectivity index (χ1v) is 5.81. The predicted molar refractivity (Wildman–Crippen MR) is 60.1 cm³/mol. The first-order valence-electron chi connectivity index (χ1n) is 5.81. The molecule has 0 spiro atoms. The Bertz CT molecular complexity index is 434. The molecule has 0 aromatic heterocycles. The Morgan fingerprint density at radius 2 is 1.83 bits per heavy atom. The van der Waals surface area contributed by atoms with E-state index in [1.165, 1.54) is 6.07 Å². The number of halogens is 3. The maximum Gasteiger partial charge on any atom is 0.416 e. The van der Waals surface area contributed by atoms with Crippen molar-refractivity contribution >= 4 is 0 Å². The van der Waals surface area contributed by atoms with Crippen LogP contribution < -0.4 is 0 Å². The molecule has 0 saturated carbocycles. The summed E-state index contributed by atoms with van der Waals surface area (Å²) in [5.41, 5.74) is -0.889. The van der Waals surface area contributed by atoms with Crippen LogP contribution in [0.2, 0.25) is 0 Å². The van der Waals surface area contributed by atoms with Gasteiger partial charge < -0.3 is 9.84 Å². The van der Waals surface area contributed by atoms with E-state index in [0.29, 0.717) is 37.2 Å². The van der Waals surface area contributed by atoms with E-state index in [4.69, 9.17) is 4.74 Å². The summed E-state index contributed by atoms with van der Waals surface area (Å²) in [6.07, 6.45) is -3.73. The standard InChI is InChI=1S/C13H15F3O2/c1-9-2-3-10(13(14,15)16)8-11(9)12(17)4-6-18-7-5-12/h2-3,8,17H,4-7H2,1H3. The van der Waals surface area contributed by atoms with Crippen LogP contribution in [0.1, 0.15) is 29.5 Å². The van der Waals surface area contributed by atoms with Crippen molar-refractivity contribution < 1.29 is 23.0 Å². The summed E-state index contributed by atoms with van der Waals surface area (Å²) in [6, 6.07) is 3.51. The molecule has 0 radical (unpaired) electrons. The Kier molecular flexibility index (Phi) is 3.38. The topological polar surface area (TPSA) is 29.5 Å². The third-order valence-electron chi connectivity index (χ3n) is 3.39. The fourth-order valence-corrected chi connectivity index (χ4v) is 2.28. The summed E-state index contributed by atoms with van der Waals surface area (Å²) in [5, 5.41) is 10.5. The number of ether oxygens (including phenoxy) is 1. The fourth-order valence-electron chi connectivity index (χ4n) is 2.28. The minimum atomic E-state index is -4.38. The first-order chi connectivity index (χ1) is 8.33. The summed E-state index contributed by atoms with van der Waals surface area (Å²) >= 11 is 0. The molecule has 1 aromatic rings. The molecular formula is C13H15F3O2. The highest BCUT2D eigenvalue weighted by atomic mass is 19.4. The third-order valence-corrected chi connectivity index (χ3v) is 3.39. The normalized spacial score (nSPS) is 19.8. The SMILES string of the molecule is Cc1ccc(C(F)(F)F)cc1C1(O)CCOCC1. The second-order valence-electron chi connectivity index (χ2n) is 4.67. The van der Waals surface area contributed by atoms with Gasteiger partial charge in [0.15, 0.2) is 0 Å². The molecule has 1 saturated heterocycles. The van der Waals surface area contributed by atoms with Gasteiger partial charge in [0.2, 0.25) is 0 Å². The largest absolute Gasteiger partial charge is 0.416 e. The van der Waals surface area contributed by atoms with Crippen LogP contribution in [0.25, 0.3) is 0 Å². The van der Waals surface area contributed by atoms with E-state index in [2.05, 4.69) is 0 Å². The average Bonchev–Trinajstić information content (AvgIpc) is 2.28. The van der Waals surface area contributed by atoms with Crippen molar-refractivity contribution in [3.05, 3.63) is 34.9 Å². The molecule has 18 heavy (non-hydrogen) atoms. The van der Waals surface area contributed by atoms with Gasteiger partial charge in [-0.15, -0.1) is 0 Å². The zero-order valence-corrected chi connectivity index (χ0v) is 10.0. The maximum atomic E-state index is 12.7. The van der Waals surface area contributed by atoms with Crippen LogP contribution in [0.5, 0.6) is 0 Å². The summed E-state index contributed by atoms with van der Waals surface area (Å²) in [6.45, 7) is 2.45. The highest BCUT2D eigenvalue weighted by molar-refractivity contribution is 5.37. The Morgan fingerprint density at radius 1 is 1.22 bits per heavy atom. The maximum absolute atomic E-state index is 12.7. The fraction of sp³-hybridized carbons (Fsp3) is 0.538. The van der Waals surface area contributed by atoms with Crippen molar-refractivity contribution in [2.45, 2.75) is 31.5 Å². The van der Waals surface area contributed by atoms with Gasteiger partial charge in [-0.05, 0) is 30.2 Å². The lowest BCUT2D eigenvalue weighted by molar-refractivity contribution is -0.137. The van der Waals surface area contributed by atoms with Crippen molar-refractivity contribution in [3.63, 3.8) is 0 Å². The predicted octanol–water partition coefficient (Wildman–Crippen LogP) is 3.01. The Labute approximate surface area is 103 Å². The molecule has 0 bridgehead atoms. The number of hydrogen-bond acceptors (Lipinski definition) is 2. The van der Waals surface area contributed by atoms with E-state index in [1.54, 1.807) is 6.92 Å². The Balaban J connectivity index is 2.43. The van der Waals surface area contributed by atoms with Crippen molar-refractivity contribution in [2.24, 2.45) is 0 Å². The van der Waals surface area contributed by atoms with Gasteiger partial charge in [0.05, 0.1) is 11.2 Å². The smallest absolute Gasteiger partial charge is 0.385 e. The van der Waals surface area contributed by atoms with Gasteiger partial charge in [-0.1, -0.05) is 6.07 Å². The molecule has 1 fully saturated rings. The lowest BCUT2D eigenvalue weighted by Crippen LogP contribution is -2.34. The first kappa shape index (κ1) is 13.4. The van der Waals surface area contributed by atoms with Gasteiger partial charge in [0.25, 0.3) is 0 Å². The zero-order valence-electron chi connectivity index (χ0n) is 10.0. The molecular weight excluding hydrogens is 245 g/mol. The number of alkyl halides is 3. The van der Waals surface area contributed by atoms with E-state index < -0.39 is 17.3 Å². The summed E-state index contributed by atoms with van der Waals surface area (Å²) < 4.78 is 43.2. The Morgan fingerprint density at radius 3 is 2.39 bits per heavy atom. The van der Waals surface area contributed by atoms with E-state index in [0.717, 1.165) is 12.1 Å². The second kappa shape index (κ2) is 4.55. The lowest BCUT2D eigenvalue weighted by Gasteiger charge is -2.34. The van der Waals surface area contributed by atoms with Crippen LogP contribution in [-0.2, 0) is 16.5 Å². The van der Waals surface area contributed by atoms with Crippen molar-refractivity contribution in [2.75, 3.05) is 13.2 Å². The number of hydrogen-bond donors (Lipinski definition) is 1. The van der Waals surface area contributed by atoms with Gasteiger partial charge >= 0.3 is 6.18 Å². The lowest BCUT2D eigenvalue weighted by atomic mass is 9.83. The minimum Gasteiger partial charge on any atom is -0.385 e. The quantitative estimate of drug-likeness (QED) is 0.841. The minimum absolute atomic E-state index is 0.329. The zero-order chi connectivity index (χ0) is 13.4. The molecule has 1 heterocycles. The van der Waals surface area contributed by atoms with Gasteiger partial charge in [0.1, 0.15) is 0 Å². The molecule has 0 atom stereocenters. The highest BCUT2D eigenvalue weighted by Gasteiger charge is 2.36. The molecule has 1 aliphatic heterocycles. The number of rotatable bonds is 1. The highest BCUT2D eigenvalue weighted by Crippen LogP contribution is 2.37. The molecule has 0 amide bonds. The van der Waals surface area contributed by atoms with E-state index in [-0.39, 0.29) is 0 Å². The summed E-state index contributed by atoms with van der Waals surface area (Å²) in [5.74, 6) is 0. The molecule has 100 valence electrons. The number of aryl methyl sites for hydroxylation is 1. The number of benzene rings is 1. The van der Waals surface area contributed by atoms with E-state index in [9.17, 15) is 18.3 Å². The van der Waals surface area contributed by atoms with Crippen LogP contribution in [0, 0.1) is 6.92 Å². The average molecular weight is 260 g/mol. The van der Waals surface area contributed by atoms with E-state index in [1.807, 2.05) is 0 Å². The van der Waals surface area contributed by atoms with Gasteiger partial charge in [0, 0.05) is 26.1 Å². The molecule has 0 unspecified atom stereocenters. The van der Waals surface area contributed by atoms with Crippen molar-refractivity contribution in [3.8, 4) is 0 Å². The van der Waals surface area contributed by atoms with Crippen molar-refractivity contribution in [1.29, 1.82) is 0 Å².